The number of amides is 4. The number of hydrogen-bond donors (Lipinski definition) is 6. The van der Waals surface area contributed by atoms with Gasteiger partial charge in [-0.05, 0) is 18.1 Å². The predicted molar refractivity (Wildman–Crippen MR) is 116 cm³/mol. The molecular weight excluding hydrogens is 418 g/mol. The molecule has 4 atom stereocenters. The molecule has 11 nitrogen and oxygen atoms in total. The molecule has 0 heterocycles. The van der Waals surface area contributed by atoms with Crippen molar-refractivity contribution < 1.29 is 29.0 Å². The van der Waals surface area contributed by atoms with Gasteiger partial charge in [0.15, 0.2) is 0 Å². The summed E-state index contributed by atoms with van der Waals surface area (Å²) in [5.74, 6) is -2.08. The molecule has 11 heteroatoms. The Bertz CT molecular complexity index is 873. The zero-order chi connectivity index (χ0) is 23.8. The summed E-state index contributed by atoms with van der Waals surface area (Å²) in [7, 11) is 0. The molecule has 0 spiro atoms. The zero-order valence-corrected chi connectivity index (χ0v) is 17.9. The molecule has 1 aliphatic carbocycles. The Balaban J connectivity index is 2.17. The molecule has 0 saturated heterocycles. The number of carbonyl (C=O) groups excluding carboxylic acids is 4. The van der Waals surface area contributed by atoms with Crippen LogP contribution in [0.15, 0.2) is 42.0 Å². The van der Waals surface area contributed by atoms with E-state index in [1.54, 1.807) is 44.2 Å². The first kappa shape index (κ1) is 24.8. The molecule has 0 aromatic heterocycles. The first-order valence-corrected chi connectivity index (χ1v) is 10.1. The highest BCUT2D eigenvalue weighted by Gasteiger charge is 2.38. The monoisotopic (exact) mass is 447 g/mol. The van der Waals surface area contributed by atoms with Crippen molar-refractivity contribution in [2.45, 2.75) is 44.6 Å². The maximum atomic E-state index is 12.4. The Morgan fingerprint density at radius 3 is 2.44 bits per heavy atom. The number of nitrogens with one attached hydrogen (secondary N) is 3. The summed E-state index contributed by atoms with van der Waals surface area (Å²) < 4.78 is 5.34. The van der Waals surface area contributed by atoms with Gasteiger partial charge in [-0.3, -0.25) is 19.7 Å². The minimum atomic E-state index is -1.34. The molecule has 1 aromatic carbocycles. The number of ether oxygens (including phenoxy) is 1. The van der Waals surface area contributed by atoms with E-state index in [-0.39, 0.29) is 17.9 Å². The standard InChI is InChI=1S/C21H29N5O6/c1-11(2)17(23)20(30)26-14-8-12(19(29)24-10-16(22)27)9-15(18(14)28)32-21(31)25-13-6-4-3-5-7-13/h3-8,11,14-15,17-18,28H,9-10,23H2,1-2H3,(H2,22,27)(H,24,29)(H,25,31)(H,26,30)/t14-,15+,17+,18+/m0/s1. The van der Waals surface area contributed by atoms with Crippen molar-refractivity contribution in [3.8, 4) is 0 Å². The Hall–Kier alpha value is -3.44. The smallest absolute Gasteiger partial charge is 0.411 e. The van der Waals surface area contributed by atoms with Crippen molar-refractivity contribution in [1.29, 1.82) is 0 Å². The maximum Gasteiger partial charge on any atom is 0.411 e. The number of anilines is 1. The number of rotatable bonds is 8. The number of nitrogens with two attached hydrogens (primary N) is 2. The maximum absolute atomic E-state index is 12.4. The fourth-order valence-corrected chi connectivity index (χ4v) is 3.01. The average Bonchev–Trinajstić information content (AvgIpc) is 2.74. The van der Waals surface area contributed by atoms with Gasteiger partial charge in [-0.1, -0.05) is 38.1 Å². The van der Waals surface area contributed by atoms with Crippen molar-refractivity contribution in [1.82, 2.24) is 10.6 Å². The van der Waals surface area contributed by atoms with Gasteiger partial charge >= 0.3 is 6.09 Å². The third-order valence-electron chi connectivity index (χ3n) is 4.87. The number of carbonyl (C=O) groups is 4. The molecule has 0 unspecified atom stereocenters. The third kappa shape index (κ3) is 7.06. The minimum absolute atomic E-state index is 0.109. The second-order valence-electron chi connectivity index (χ2n) is 7.77. The summed E-state index contributed by atoms with van der Waals surface area (Å²) in [6, 6.07) is 6.62. The number of primary amides is 1. The van der Waals surface area contributed by atoms with E-state index in [0.717, 1.165) is 0 Å². The van der Waals surface area contributed by atoms with Crippen LogP contribution in [0.25, 0.3) is 0 Å². The van der Waals surface area contributed by atoms with Gasteiger partial charge in [0.25, 0.3) is 0 Å². The van der Waals surface area contributed by atoms with Gasteiger partial charge in [0.2, 0.25) is 17.7 Å². The van der Waals surface area contributed by atoms with Gasteiger partial charge in [0.05, 0.1) is 18.6 Å². The van der Waals surface area contributed by atoms with Gasteiger partial charge in [-0.2, -0.15) is 0 Å². The number of aliphatic hydroxyl groups is 1. The van der Waals surface area contributed by atoms with E-state index < -0.39 is 54.7 Å². The Labute approximate surface area is 185 Å². The van der Waals surface area contributed by atoms with E-state index in [1.807, 2.05) is 0 Å². The predicted octanol–water partition coefficient (Wildman–Crippen LogP) is -0.636. The lowest BCUT2D eigenvalue weighted by atomic mass is 9.89. The zero-order valence-electron chi connectivity index (χ0n) is 17.9. The van der Waals surface area contributed by atoms with Crippen molar-refractivity contribution in [2.75, 3.05) is 11.9 Å². The summed E-state index contributed by atoms with van der Waals surface area (Å²) in [5, 5.41) is 18.2. The lowest BCUT2D eigenvalue weighted by Gasteiger charge is -2.34. The summed E-state index contributed by atoms with van der Waals surface area (Å²) in [4.78, 5) is 48.1. The van der Waals surface area contributed by atoms with Crippen LogP contribution < -0.4 is 27.4 Å². The molecule has 0 bridgehead atoms. The first-order valence-electron chi connectivity index (χ1n) is 10.1. The number of aliphatic hydroxyl groups excluding tert-OH is 1. The van der Waals surface area contributed by atoms with E-state index in [9.17, 15) is 24.3 Å². The van der Waals surface area contributed by atoms with Crippen LogP contribution in [0, 0.1) is 5.92 Å². The molecule has 2 rings (SSSR count). The summed E-state index contributed by atoms with van der Waals surface area (Å²) in [6.45, 7) is 3.13. The Morgan fingerprint density at radius 2 is 1.84 bits per heavy atom. The lowest BCUT2D eigenvalue weighted by molar-refractivity contribution is -0.125. The van der Waals surface area contributed by atoms with E-state index in [2.05, 4.69) is 16.0 Å². The molecule has 8 N–H and O–H groups in total. The molecule has 0 radical (unpaired) electrons. The minimum Gasteiger partial charge on any atom is -0.443 e. The molecule has 1 aliphatic rings. The van der Waals surface area contributed by atoms with Crippen LogP contribution in [0.5, 0.6) is 0 Å². The first-order chi connectivity index (χ1) is 15.1. The van der Waals surface area contributed by atoms with E-state index in [0.29, 0.717) is 5.69 Å². The van der Waals surface area contributed by atoms with Crippen molar-refractivity contribution in [3.63, 3.8) is 0 Å². The fraction of sp³-hybridized carbons (Fsp3) is 0.429. The summed E-state index contributed by atoms with van der Waals surface area (Å²) in [6.07, 6.45) is -2.13. The van der Waals surface area contributed by atoms with Crippen molar-refractivity contribution >= 4 is 29.5 Å². The Morgan fingerprint density at radius 1 is 1.19 bits per heavy atom. The van der Waals surface area contributed by atoms with Crippen molar-refractivity contribution in [3.05, 3.63) is 42.0 Å². The number of benzene rings is 1. The molecule has 4 amide bonds. The quantitative estimate of drug-likeness (QED) is 0.306. The normalized spacial score (nSPS) is 21.2. The number of para-hydroxylation sites is 1. The molecule has 32 heavy (non-hydrogen) atoms. The lowest BCUT2D eigenvalue weighted by Crippen LogP contribution is -2.56. The summed E-state index contributed by atoms with van der Waals surface area (Å²) in [5.41, 5.74) is 11.5. The van der Waals surface area contributed by atoms with Gasteiger partial charge in [-0.15, -0.1) is 0 Å². The third-order valence-corrected chi connectivity index (χ3v) is 4.87. The second-order valence-corrected chi connectivity index (χ2v) is 7.77. The van der Waals surface area contributed by atoms with Crippen molar-refractivity contribution in [2.24, 2.45) is 17.4 Å². The molecule has 0 saturated carbocycles. The van der Waals surface area contributed by atoms with Gasteiger partial charge in [0.1, 0.15) is 12.2 Å². The van der Waals surface area contributed by atoms with Crippen LogP contribution in [0.2, 0.25) is 0 Å². The molecule has 1 aromatic rings. The SMILES string of the molecule is CC(C)[C@@H](N)C(=O)N[C@H]1C=C(C(=O)NCC(N)=O)C[C@@H](OC(=O)Nc2ccccc2)[C@@H]1O. The van der Waals surface area contributed by atoms with Crippen LogP contribution >= 0.6 is 0 Å². The molecule has 174 valence electrons. The summed E-state index contributed by atoms with van der Waals surface area (Å²) >= 11 is 0. The molecular formula is C21H29N5O6. The molecule has 0 fully saturated rings. The van der Waals surface area contributed by atoms with E-state index in [4.69, 9.17) is 16.2 Å². The van der Waals surface area contributed by atoms with Gasteiger partial charge in [-0.25, -0.2) is 4.79 Å². The fourth-order valence-electron chi connectivity index (χ4n) is 3.01. The Kier molecular flexibility index (Phi) is 8.73. The molecule has 0 aliphatic heterocycles. The highest BCUT2D eigenvalue weighted by molar-refractivity contribution is 5.96. The second kappa shape index (κ2) is 11.3. The van der Waals surface area contributed by atoms with Gasteiger partial charge < -0.3 is 31.9 Å². The van der Waals surface area contributed by atoms with E-state index in [1.165, 1.54) is 6.08 Å². The topological polar surface area (TPSA) is 186 Å². The number of hydrogen-bond acceptors (Lipinski definition) is 7. The van der Waals surface area contributed by atoms with Crippen LogP contribution in [-0.2, 0) is 19.1 Å². The van der Waals surface area contributed by atoms with Crippen LogP contribution in [0.1, 0.15) is 20.3 Å². The largest absolute Gasteiger partial charge is 0.443 e. The highest BCUT2D eigenvalue weighted by Crippen LogP contribution is 2.23. The van der Waals surface area contributed by atoms with Crippen LogP contribution in [0.4, 0.5) is 10.5 Å². The van der Waals surface area contributed by atoms with Crippen LogP contribution in [0.3, 0.4) is 0 Å². The highest BCUT2D eigenvalue weighted by atomic mass is 16.6. The average molecular weight is 447 g/mol. The van der Waals surface area contributed by atoms with Gasteiger partial charge in [0, 0.05) is 17.7 Å². The van der Waals surface area contributed by atoms with Crippen LogP contribution in [-0.4, -0.2) is 59.8 Å². The van der Waals surface area contributed by atoms with E-state index >= 15 is 0 Å².